The van der Waals surface area contributed by atoms with E-state index in [1.54, 1.807) is 6.08 Å². The highest BCUT2D eigenvalue weighted by Gasteiger charge is 2.16. The van der Waals surface area contributed by atoms with E-state index in [1.165, 1.54) is 11.1 Å². The van der Waals surface area contributed by atoms with Gasteiger partial charge in [-0.15, -0.1) is 0 Å². The van der Waals surface area contributed by atoms with Gasteiger partial charge in [-0.1, -0.05) is 48.9 Å². The highest BCUT2D eigenvalue weighted by atomic mass is 16.1. The molecule has 0 aliphatic rings. The number of aliphatic imine (C=N–C) groups is 1. The van der Waals surface area contributed by atoms with E-state index >= 15 is 0 Å². The summed E-state index contributed by atoms with van der Waals surface area (Å²) in [6, 6.07) is 10.1. The van der Waals surface area contributed by atoms with Crippen LogP contribution in [-0.2, 0) is 4.79 Å². The van der Waals surface area contributed by atoms with Gasteiger partial charge >= 0.3 is 0 Å². The molecule has 0 amide bonds. The first-order valence-electron chi connectivity index (χ1n) is 5.90. The van der Waals surface area contributed by atoms with Crippen LogP contribution in [-0.4, -0.2) is 12.1 Å². The number of rotatable bonds is 5. The predicted molar refractivity (Wildman–Crippen MR) is 70.8 cm³/mol. The lowest BCUT2D eigenvalue weighted by molar-refractivity contribution is 0.536. The smallest absolute Gasteiger partial charge is 0.211 e. The van der Waals surface area contributed by atoms with Crippen molar-refractivity contribution in [3.63, 3.8) is 0 Å². The van der Waals surface area contributed by atoms with Gasteiger partial charge in [0.15, 0.2) is 0 Å². The number of benzene rings is 1. The molecule has 17 heavy (non-hydrogen) atoms. The van der Waals surface area contributed by atoms with Gasteiger partial charge in [-0.2, -0.15) is 0 Å². The van der Waals surface area contributed by atoms with Gasteiger partial charge in [0, 0.05) is 5.92 Å². The van der Waals surface area contributed by atoms with E-state index in [1.807, 2.05) is 18.2 Å². The molecule has 1 aromatic rings. The molecule has 0 aliphatic heterocycles. The highest BCUT2D eigenvalue weighted by Crippen LogP contribution is 2.23. The molecule has 0 fully saturated rings. The van der Waals surface area contributed by atoms with Crippen LogP contribution in [0.2, 0.25) is 0 Å². The zero-order chi connectivity index (χ0) is 12.7. The Morgan fingerprint density at radius 1 is 1.35 bits per heavy atom. The van der Waals surface area contributed by atoms with E-state index in [-0.39, 0.29) is 12.0 Å². The van der Waals surface area contributed by atoms with E-state index in [2.05, 4.69) is 44.0 Å². The second kappa shape index (κ2) is 6.82. The number of isocyanates is 1. The standard InChI is InChI=1S/C15H19NO/c1-12(2)9-10-15(16-11-17)13(3)14-7-5-4-6-8-14/h4-9,13,15H,10H2,1-3H3/t13-,15+/m1/s1. The van der Waals surface area contributed by atoms with Gasteiger partial charge in [0.25, 0.3) is 0 Å². The summed E-state index contributed by atoms with van der Waals surface area (Å²) in [7, 11) is 0. The van der Waals surface area contributed by atoms with E-state index in [4.69, 9.17) is 0 Å². The van der Waals surface area contributed by atoms with Crippen molar-refractivity contribution in [2.75, 3.05) is 0 Å². The summed E-state index contributed by atoms with van der Waals surface area (Å²) in [6.07, 6.45) is 4.59. The summed E-state index contributed by atoms with van der Waals surface area (Å²) >= 11 is 0. The maximum absolute atomic E-state index is 10.5. The van der Waals surface area contributed by atoms with Crippen LogP contribution in [0.3, 0.4) is 0 Å². The molecule has 0 aromatic heterocycles. The van der Waals surface area contributed by atoms with Crippen LogP contribution >= 0.6 is 0 Å². The van der Waals surface area contributed by atoms with Gasteiger partial charge in [-0.05, 0) is 25.8 Å². The summed E-state index contributed by atoms with van der Waals surface area (Å²) in [5.74, 6) is 0.230. The van der Waals surface area contributed by atoms with Crippen molar-refractivity contribution in [2.24, 2.45) is 4.99 Å². The van der Waals surface area contributed by atoms with E-state index in [0.29, 0.717) is 0 Å². The lowest BCUT2D eigenvalue weighted by Gasteiger charge is -2.18. The third-order valence-corrected chi connectivity index (χ3v) is 2.89. The monoisotopic (exact) mass is 229 g/mol. The van der Waals surface area contributed by atoms with Crippen LogP contribution in [0.15, 0.2) is 47.0 Å². The number of nitrogens with zero attached hydrogens (tertiary/aromatic N) is 1. The summed E-state index contributed by atoms with van der Waals surface area (Å²) in [6.45, 7) is 6.20. The molecule has 0 N–H and O–H groups in total. The zero-order valence-electron chi connectivity index (χ0n) is 10.7. The van der Waals surface area contributed by atoms with Crippen LogP contribution in [0, 0.1) is 0 Å². The van der Waals surface area contributed by atoms with Crippen LogP contribution in [0.1, 0.15) is 38.7 Å². The van der Waals surface area contributed by atoms with Crippen molar-refractivity contribution in [2.45, 2.75) is 39.2 Å². The summed E-state index contributed by atoms with van der Waals surface area (Å²) < 4.78 is 0. The maximum Gasteiger partial charge on any atom is 0.235 e. The fourth-order valence-corrected chi connectivity index (χ4v) is 1.77. The van der Waals surface area contributed by atoms with Gasteiger partial charge in [0.1, 0.15) is 0 Å². The Balaban J connectivity index is 2.84. The third-order valence-electron chi connectivity index (χ3n) is 2.89. The Morgan fingerprint density at radius 2 is 2.00 bits per heavy atom. The van der Waals surface area contributed by atoms with Crippen molar-refractivity contribution in [1.29, 1.82) is 0 Å². The summed E-state index contributed by atoms with van der Waals surface area (Å²) in [5.41, 5.74) is 2.45. The molecule has 0 saturated heterocycles. The molecule has 0 bridgehead atoms. The van der Waals surface area contributed by atoms with E-state index < -0.39 is 0 Å². The van der Waals surface area contributed by atoms with Crippen LogP contribution < -0.4 is 0 Å². The first-order chi connectivity index (χ1) is 8.15. The maximum atomic E-state index is 10.5. The molecule has 0 radical (unpaired) electrons. The molecule has 2 heteroatoms. The summed E-state index contributed by atoms with van der Waals surface area (Å²) in [5, 5.41) is 0. The molecule has 0 spiro atoms. The largest absolute Gasteiger partial charge is 0.235 e. The third kappa shape index (κ3) is 4.38. The molecule has 0 saturated carbocycles. The van der Waals surface area contributed by atoms with Gasteiger partial charge in [-0.3, -0.25) is 0 Å². The topological polar surface area (TPSA) is 29.4 Å². The number of carbonyl (C=O) groups excluding carboxylic acids is 1. The lowest BCUT2D eigenvalue weighted by atomic mass is 9.91. The number of hydrogen-bond acceptors (Lipinski definition) is 2. The molecular formula is C15H19NO. The van der Waals surface area contributed by atoms with Crippen LogP contribution in [0.5, 0.6) is 0 Å². The van der Waals surface area contributed by atoms with Crippen molar-refractivity contribution < 1.29 is 4.79 Å². The van der Waals surface area contributed by atoms with Crippen molar-refractivity contribution in [3.05, 3.63) is 47.5 Å². The minimum absolute atomic E-state index is 0.0233. The van der Waals surface area contributed by atoms with Crippen molar-refractivity contribution >= 4 is 6.08 Å². The fraction of sp³-hybridized carbons (Fsp3) is 0.400. The van der Waals surface area contributed by atoms with Crippen molar-refractivity contribution in [1.82, 2.24) is 0 Å². The molecule has 0 aliphatic carbocycles. The average Bonchev–Trinajstić information content (AvgIpc) is 2.34. The first-order valence-corrected chi connectivity index (χ1v) is 5.90. The SMILES string of the molecule is CC(C)=CC[C@H](N=C=O)[C@H](C)c1ccccc1. The normalized spacial score (nSPS) is 13.4. The molecule has 90 valence electrons. The Morgan fingerprint density at radius 3 is 2.53 bits per heavy atom. The van der Waals surface area contributed by atoms with Crippen LogP contribution in [0.25, 0.3) is 0 Å². The molecule has 2 atom stereocenters. The predicted octanol–water partition coefficient (Wildman–Crippen LogP) is 3.85. The quantitative estimate of drug-likeness (QED) is 0.428. The minimum Gasteiger partial charge on any atom is -0.211 e. The molecular weight excluding hydrogens is 210 g/mol. The van der Waals surface area contributed by atoms with Crippen LogP contribution in [0.4, 0.5) is 0 Å². The zero-order valence-corrected chi connectivity index (χ0v) is 10.7. The Labute approximate surface area is 103 Å². The Bertz CT molecular complexity index is 412. The fourth-order valence-electron chi connectivity index (χ4n) is 1.77. The second-order valence-corrected chi connectivity index (χ2v) is 4.50. The summed E-state index contributed by atoms with van der Waals surface area (Å²) in [4.78, 5) is 14.4. The number of allylic oxidation sites excluding steroid dienone is 1. The molecule has 1 aromatic carbocycles. The van der Waals surface area contributed by atoms with Gasteiger partial charge in [-0.25, -0.2) is 9.79 Å². The first kappa shape index (κ1) is 13.4. The average molecular weight is 229 g/mol. The lowest BCUT2D eigenvalue weighted by Crippen LogP contribution is -2.13. The van der Waals surface area contributed by atoms with E-state index in [0.717, 1.165) is 6.42 Å². The second-order valence-electron chi connectivity index (χ2n) is 4.50. The Hall–Kier alpha value is -1.66. The van der Waals surface area contributed by atoms with E-state index in [9.17, 15) is 4.79 Å². The van der Waals surface area contributed by atoms with Gasteiger partial charge < -0.3 is 0 Å². The Kier molecular flexibility index (Phi) is 5.38. The highest BCUT2D eigenvalue weighted by molar-refractivity contribution is 5.35. The molecule has 1 rings (SSSR count). The minimum atomic E-state index is -0.0233. The molecule has 0 unspecified atom stereocenters. The van der Waals surface area contributed by atoms with Crippen molar-refractivity contribution in [3.8, 4) is 0 Å². The molecule has 2 nitrogen and oxygen atoms in total. The van der Waals surface area contributed by atoms with Gasteiger partial charge in [0.05, 0.1) is 6.04 Å². The van der Waals surface area contributed by atoms with Gasteiger partial charge in [0.2, 0.25) is 6.08 Å². The number of hydrogen-bond donors (Lipinski definition) is 0. The molecule has 0 heterocycles.